The van der Waals surface area contributed by atoms with Gasteiger partial charge in [-0.3, -0.25) is 4.79 Å². The van der Waals surface area contributed by atoms with E-state index in [1.54, 1.807) is 0 Å². The molecule has 1 rings (SSSR count). The monoisotopic (exact) mass is 312 g/mol. The first kappa shape index (κ1) is 11.4. The average Bonchev–Trinajstić information content (AvgIpc) is 2.07. The first-order valence-electron chi connectivity index (χ1n) is 3.76. The van der Waals surface area contributed by atoms with Gasteiger partial charge in [0.05, 0.1) is 3.57 Å². The van der Waals surface area contributed by atoms with Crippen LogP contribution in [0.4, 0.5) is 8.78 Å². The topological polar surface area (TPSA) is 26.3 Å². The molecule has 0 saturated carbocycles. The summed E-state index contributed by atoms with van der Waals surface area (Å²) in [5.41, 5.74) is 0.482. The lowest BCUT2D eigenvalue weighted by Crippen LogP contribution is -2.04. The Balaban J connectivity index is 2.95. The molecule has 0 aliphatic rings. The highest BCUT2D eigenvalue weighted by molar-refractivity contribution is 14.1. The summed E-state index contributed by atoms with van der Waals surface area (Å²) in [6.45, 7) is -1.43. The smallest absolute Gasteiger partial charge is 0.387 e. The molecule has 0 atom stereocenters. The van der Waals surface area contributed by atoms with Crippen LogP contribution in [0.2, 0.25) is 0 Å². The van der Waals surface area contributed by atoms with Crippen molar-refractivity contribution >= 4 is 28.4 Å². The van der Waals surface area contributed by atoms with Gasteiger partial charge in [0.2, 0.25) is 0 Å². The fourth-order valence-electron chi connectivity index (χ4n) is 0.911. The lowest BCUT2D eigenvalue weighted by molar-refractivity contribution is -0.0504. The van der Waals surface area contributed by atoms with Crippen LogP contribution in [0.3, 0.4) is 0 Å². The standard InChI is InChI=1S/C9H7F2IO2/c1-5(13)6-2-3-8(7(12)4-6)14-9(10)11/h2-4,9H,1H3. The number of hydrogen-bond donors (Lipinski definition) is 0. The first-order valence-corrected chi connectivity index (χ1v) is 4.84. The number of benzene rings is 1. The van der Waals surface area contributed by atoms with Gasteiger partial charge in [0, 0.05) is 5.56 Å². The molecule has 76 valence electrons. The lowest BCUT2D eigenvalue weighted by Gasteiger charge is -2.07. The Morgan fingerprint density at radius 1 is 1.50 bits per heavy atom. The average molecular weight is 312 g/mol. The molecule has 0 radical (unpaired) electrons. The number of Topliss-reactive ketones (excluding diaryl/α,β-unsaturated/α-hetero) is 1. The summed E-state index contributed by atoms with van der Waals surface area (Å²) in [4.78, 5) is 10.9. The van der Waals surface area contributed by atoms with Crippen molar-refractivity contribution in [1.29, 1.82) is 0 Å². The number of rotatable bonds is 3. The Kier molecular flexibility index (Phi) is 3.79. The maximum absolute atomic E-state index is 11.9. The Bertz CT molecular complexity index is 353. The Morgan fingerprint density at radius 3 is 2.57 bits per heavy atom. The van der Waals surface area contributed by atoms with Crippen molar-refractivity contribution in [3.8, 4) is 5.75 Å². The molecule has 0 aromatic heterocycles. The van der Waals surface area contributed by atoms with Crippen LogP contribution in [0.5, 0.6) is 5.75 Å². The minimum Gasteiger partial charge on any atom is -0.434 e. The molecule has 0 amide bonds. The van der Waals surface area contributed by atoms with E-state index in [-0.39, 0.29) is 11.5 Å². The van der Waals surface area contributed by atoms with Gasteiger partial charge >= 0.3 is 6.61 Å². The largest absolute Gasteiger partial charge is 0.434 e. The van der Waals surface area contributed by atoms with E-state index in [1.807, 2.05) is 22.6 Å². The Hall–Kier alpha value is -0.720. The second-order valence-electron chi connectivity index (χ2n) is 2.58. The van der Waals surface area contributed by atoms with Crippen molar-refractivity contribution in [2.45, 2.75) is 13.5 Å². The van der Waals surface area contributed by atoms with E-state index in [1.165, 1.54) is 25.1 Å². The number of hydrogen-bond acceptors (Lipinski definition) is 2. The highest BCUT2D eigenvalue weighted by Gasteiger charge is 2.09. The zero-order valence-electron chi connectivity index (χ0n) is 7.26. The fourth-order valence-corrected chi connectivity index (χ4v) is 1.55. The van der Waals surface area contributed by atoms with Gasteiger partial charge in [-0.1, -0.05) is 0 Å². The molecule has 1 aromatic carbocycles. The zero-order valence-corrected chi connectivity index (χ0v) is 9.42. The summed E-state index contributed by atoms with van der Waals surface area (Å²) in [5, 5.41) is 0. The highest BCUT2D eigenvalue weighted by atomic mass is 127. The van der Waals surface area contributed by atoms with Crippen molar-refractivity contribution in [3.05, 3.63) is 27.3 Å². The molecule has 0 bridgehead atoms. The molecule has 0 aliphatic carbocycles. The van der Waals surface area contributed by atoms with Gasteiger partial charge in [-0.05, 0) is 47.7 Å². The van der Waals surface area contributed by atoms with E-state index < -0.39 is 6.61 Å². The first-order chi connectivity index (χ1) is 6.50. The van der Waals surface area contributed by atoms with E-state index in [9.17, 15) is 13.6 Å². The number of alkyl halides is 2. The number of halogens is 3. The maximum atomic E-state index is 11.9. The molecular formula is C9H7F2IO2. The van der Waals surface area contributed by atoms with E-state index >= 15 is 0 Å². The normalized spacial score (nSPS) is 10.4. The van der Waals surface area contributed by atoms with Crippen LogP contribution < -0.4 is 4.74 Å². The van der Waals surface area contributed by atoms with Crippen LogP contribution in [0, 0.1) is 3.57 Å². The summed E-state index contributed by atoms with van der Waals surface area (Å²) in [5.74, 6) is -0.0166. The SMILES string of the molecule is CC(=O)c1ccc(OC(F)F)c(I)c1. The van der Waals surface area contributed by atoms with Crippen LogP contribution >= 0.6 is 22.6 Å². The molecular weight excluding hydrogens is 305 g/mol. The second-order valence-corrected chi connectivity index (χ2v) is 3.74. The molecule has 14 heavy (non-hydrogen) atoms. The third-order valence-electron chi connectivity index (χ3n) is 1.55. The molecule has 0 heterocycles. The van der Waals surface area contributed by atoms with Crippen molar-refractivity contribution < 1.29 is 18.3 Å². The van der Waals surface area contributed by atoms with Crippen molar-refractivity contribution in [1.82, 2.24) is 0 Å². The molecule has 0 spiro atoms. The van der Waals surface area contributed by atoms with Crippen molar-refractivity contribution in [2.75, 3.05) is 0 Å². The maximum Gasteiger partial charge on any atom is 0.387 e. The molecule has 0 unspecified atom stereocenters. The van der Waals surface area contributed by atoms with Crippen LogP contribution in [-0.4, -0.2) is 12.4 Å². The molecule has 5 heteroatoms. The second kappa shape index (κ2) is 4.68. The highest BCUT2D eigenvalue weighted by Crippen LogP contribution is 2.23. The zero-order chi connectivity index (χ0) is 10.7. The van der Waals surface area contributed by atoms with Gasteiger partial charge in [-0.15, -0.1) is 0 Å². The van der Waals surface area contributed by atoms with Gasteiger partial charge in [0.15, 0.2) is 5.78 Å². The molecule has 0 saturated heterocycles. The molecule has 0 N–H and O–H groups in total. The van der Waals surface area contributed by atoms with Crippen LogP contribution in [0.25, 0.3) is 0 Å². The van der Waals surface area contributed by atoms with Gasteiger partial charge in [-0.2, -0.15) is 8.78 Å². The number of carbonyl (C=O) groups is 1. The lowest BCUT2D eigenvalue weighted by atomic mass is 10.1. The Morgan fingerprint density at radius 2 is 2.14 bits per heavy atom. The number of carbonyl (C=O) groups excluding carboxylic acids is 1. The van der Waals surface area contributed by atoms with E-state index in [0.29, 0.717) is 9.13 Å². The Labute approximate surface area is 93.4 Å². The minimum absolute atomic E-state index is 0.0885. The third kappa shape index (κ3) is 2.90. The van der Waals surface area contributed by atoms with Crippen LogP contribution in [0.1, 0.15) is 17.3 Å². The molecule has 1 aromatic rings. The summed E-state index contributed by atoms with van der Waals surface area (Å²) in [6, 6.07) is 4.34. The quantitative estimate of drug-likeness (QED) is 0.633. The van der Waals surface area contributed by atoms with E-state index in [2.05, 4.69) is 4.74 Å². The summed E-state index contributed by atoms with van der Waals surface area (Å²) >= 11 is 1.84. The number of ketones is 1. The minimum atomic E-state index is -2.84. The summed E-state index contributed by atoms with van der Waals surface area (Å²) in [6.07, 6.45) is 0. The van der Waals surface area contributed by atoms with E-state index in [0.717, 1.165) is 0 Å². The third-order valence-corrected chi connectivity index (χ3v) is 2.40. The van der Waals surface area contributed by atoms with Crippen LogP contribution in [-0.2, 0) is 0 Å². The van der Waals surface area contributed by atoms with Gasteiger partial charge in [-0.25, -0.2) is 0 Å². The van der Waals surface area contributed by atoms with E-state index in [4.69, 9.17) is 0 Å². The van der Waals surface area contributed by atoms with Crippen molar-refractivity contribution in [3.63, 3.8) is 0 Å². The predicted molar refractivity (Wildman–Crippen MR) is 55.8 cm³/mol. The summed E-state index contributed by atoms with van der Waals surface area (Å²) < 4.78 is 28.5. The molecule has 2 nitrogen and oxygen atoms in total. The molecule has 0 aliphatic heterocycles. The van der Waals surface area contributed by atoms with Gasteiger partial charge in [0.1, 0.15) is 5.75 Å². The van der Waals surface area contributed by atoms with Gasteiger partial charge in [0.25, 0.3) is 0 Å². The van der Waals surface area contributed by atoms with Crippen LogP contribution in [0.15, 0.2) is 18.2 Å². The van der Waals surface area contributed by atoms with Crippen molar-refractivity contribution in [2.24, 2.45) is 0 Å². The number of ether oxygens (including phenoxy) is 1. The predicted octanol–water partition coefficient (Wildman–Crippen LogP) is 3.10. The molecule has 0 fully saturated rings. The summed E-state index contributed by atoms with van der Waals surface area (Å²) in [7, 11) is 0. The van der Waals surface area contributed by atoms with Gasteiger partial charge < -0.3 is 4.74 Å². The fraction of sp³-hybridized carbons (Fsp3) is 0.222.